The summed E-state index contributed by atoms with van der Waals surface area (Å²) in [6.07, 6.45) is 2.15. The van der Waals surface area contributed by atoms with Crippen molar-refractivity contribution in [3.05, 3.63) is 28.1 Å². The standard InChI is InChI=1S/C9H9BrN2O/c1-2-6(5-11)8(12)7-3-4-13-9(7)10/h3-4H,2,12H2,1H3/b8-6-. The van der Waals surface area contributed by atoms with Gasteiger partial charge in [-0.2, -0.15) is 5.26 Å². The van der Waals surface area contributed by atoms with Crippen LogP contribution in [0.4, 0.5) is 0 Å². The summed E-state index contributed by atoms with van der Waals surface area (Å²) in [5, 5.41) is 8.75. The van der Waals surface area contributed by atoms with Gasteiger partial charge in [0.2, 0.25) is 0 Å². The van der Waals surface area contributed by atoms with Crippen molar-refractivity contribution < 1.29 is 4.42 Å². The highest BCUT2D eigenvalue weighted by Gasteiger charge is 2.09. The Morgan fingerprint density at radius 1 is 1.77 bits per heavy atom. The molecule has 0 saturated carbocycles. The lowest BCUT2D eigenvalue weighted by molar-refractivity contribution is 0.540. The van der Waals surface area contributed by atoms with Crippen molar-refractivity contribution in [3.63, 3.8) is 0 Å². The Balaban J connectivity index is 3.17. The zero-order valence-corrected chi connectivity index (χ0v) is 8.76. The molecule has 1 heterocycles. The first kappa shape index (κ1) is 9.87. The maximum absolute atomic E-state index is 8.75. The van der Waals surface area contributed by atoms with Gasteiger partial charge in [0.05, 0.1) is 29.2 Å². The molecule has 68 valence electrons. The fraction of sp³-hybridized carbons (Fsp3) is 0.222. The van der Waals surface area contributed by atoms with E-state index in [-0.39, 0.29) is 0 Å². The summed E-state index contributed by atoms with van der Waals surface area (Å²) in [6, 6.07) is 3.79. The van der Waals surface area contributed by atoms with Crippen LogP contribution in [0, 0.1) is 11.3 Å². The Kier molecular flexibility index (Phi) is 3.15. The molecule has 1 rings (SSSR count). The van der Waals surface area contributed by atoms with Gasteiger partial charge in [-0.3, -0.25) is 0 Å². The van der Waals surface area contributed by atoms with Crippen LogP contribution in [-0.2, 0) is 0 Å². The molecule has 4 heteroatoms. The molecule has 0 bridgehead atoms. The van der Waals surface area contributed by atoms with Crippen molar-refractivity contribution in [2.45, 2.75) is 13.3 Å². The number of rotatable bonds is 2. The van der Waals surface area contributed by atoms with E-state index in [0.717, 1.165) is 5.56 Å². The number of hydrogen-bond donors (Lipinski definition) is 1. The van der Waals surface area contributed by atoms with Crippen LogP contribution in [0.15, 0.2) is 27.0 Å². The Morgan fingerprint density at radius 3 is 2.85 bits per heavy atom. The van der Waals surface area contributed by atoms with E-state index >= 15 is 0 Å². The molecule has 0 unspecified atom stereocenters. The largest absolute Gasteiger partial charge is 0.457 e. The van der Waals surface area contributed by atoms with Gasteiger partial charge in [-0.05, 0) is 28.4 Å². The van der Waals surface area contributed by atoms with E-state index in [1.807, 2.05) is 6.92 Å². The molecule has 0 spiro atoms. The van der Waals surface area contributed by atoms with E-state index in [4.69, 9.17) is 15.4 Å². The Bertz CT molecular complexity index is 373. The Morgan fingerprint density at radius 2 is 2.46 bits per heavy atom. The first-order chi connectivity index (χ1) is 6.20. The zero-order chi connectivity index (χ0) is 9.84. The third-order valence-corrected chi connectivity index (χ3v) is 2.34. The topological polar surface area (TPSA) is 63.0 Å². The van der Waals surface area contributed by atoms with E-state index in [2.05, 4.69) is 22.0 Å². The molecular formula is C9H9BrN2O. The molecule has 0 amide bonds. The lowest BCUT2D eigenvalue weighted by Crippen LogP contribution is -1.99. The van der Waals surface area contributed by atoms with Gasteiger partial charge in [-0.15, -0.1) is 0 Å². The number of nitrogens with zero attached hydrogens (tertiary/aromatic N) is 1. The van der Waals surface area contributed by atoms with Gasteiger partial charge in [0.25, 0.3) is 0 Å². The normalized spacial score (nSPS) is 12.1. The minimum atomic E-state index is 0.477. The van der Waals surface area contributed by atoms with Crippen molar-refractivity contribution >= 4 is 21.6 Å². The van der Waals surface area contributed by atoms with Crippen LogP contribution in [0.2, 0.25) is 0 Å². The number of nitrogens with two attached hydrogens (primary N) is 1. The maximum Gasteiger partial charge on any atom is 0.178 e. The van der Waals surface area contributed by atoms with Gasteiger partial charge in [0.1, 0.15) is 0 Å². The maximum atomic E-state index is 8.75. The monoisotopic (exact) mass is 240 g/mol. The number of hydrogen-bond acceptors (Lipinski definition) is 3. The molecule has 2 N–H and O–H groups in total. The van der Waals surface area contributed by atoms with Crippen LogP contribution < -0.4 is 5.73 Å². The second-order valence-electron chi connectivity index (χ2n) is 2.47. The lowest BCUT2D eigenvalue weighted by Gasteiger charge is -2.00. The lowest BCUT2D eigenvalue weighted by atomic mass is 10.1. The highest BCUT2D eigenvalue weighted by molar-refractivity contribution is 9.10. The molecule has 0 aromatic carbocycles. The third-order valence-electron chi connectivity index (χ3n) is 1.72. The third kappa shape index (κ3) is 1.93. The van der Waals surface area contributed by atoms with E-state index in [1.54, 1.807) is 6.07 Å². The molecule has 13 heavy (non-hydrogen) atoms. The molecule has 0 saturated heterocycles. The van der Waals surface area contributed by atoms with Gasteiger partial charge < -0.3 is 10.2 Å². The highest BCUT2D eigenvalue weighted by Crippen LogP contribution is 2.24. The van der Waals surface area contributed by atoms with Gasteiger partial charge >= 0.3 is 0 Å². The first-order valence-corrected chi connectivity index (χ1v) is 4.62. The Labute approximate surface area is 85.0 Å². The van der Waals surface area contributed by atoms with Gasteiger partial charge in [0.15, 0.2) is 4.67 Å². The second kappa shape index (κ2) is 4.15. The van der Waals surface area contributed by atoms with Crippen molar-refractivity contribution in [1.82, 2.24) is 0 Å². The van der Waals surface area contributed by atoms with Crippen LogP contribution in [0.5, 0.6) is 0 Å². The fourth-order valence-corrected chi connectivity index (χ4v) is 1.43. The fourth-order valence-electron chi connectivity index (χ4n) is 0.979. The molecule has 1 aromatic rings. The Hall–Kier alpha value is -1.21. The molecule has 0 aliphatic carbocycles. The van der Waals surface area contributed by atoms with Crippen molar-refractivity contribution in [3.8, 4) is 6.07 Å². The van der Waals surface area contributed by atoms with Crippen molar-refractivity contribution in [2.75, 3.05) is 0 Å². The molecular weight excluding hydrogens is 232 g/mol. The zero-order valence-electron chi connectivity index (χ0n) is 7.17. The average Bonchev–Trinajstić information content (AvgIpc) is 2.53. The smallest absolute Gasteiger partial charge is 0.178 e. The summed E-state index contributed by atoms with van der Waals surface area (Å²) in [5.41, 5.74) is 7.56. The second-order valence-corrected chi connectivity index (χ2v) is 3.19. The van der Waals surface area contributed by atoms with Gasteiger partial charge in [-0.25, -0.2) is 0 Å². The number of nitriles is 1. The van der Waals surface area contributed by atoms with Crippen molar-refractivity contribution in [1.29, 1.82) is 5.26 Å². The van der Waals surface area contributed by atoms with Gasteiger partial charge in [0, 0.05) is 0 Å². The molecule has 0 atom stereocenters. The van der Waals surface area contributed by atoms with E-state index < -0.39 is 0 Å². The first-order valence-electron chi connectivity index (χ1n) is 3.82. The van der Waals surface area contributed by atoms with Crippen LogP contribution >= 0.6 is 15.9 Å². The molecule has 0 aliphatic heterocycles. The van der Waals surface area contributed by atoms with Crippen molar-refractivity contribution in [2.24, 2.45) is 5.73 Å². The predicted molar refractivity (Wildman–Crippen MR) is 53.4 cm³/mol. The van der Waals surface area contributed by atoms with E-state index in [1.165, 1.54) is 6.26 Å². The van der Waals surface area contributed by atoms with Gasteiger partial charge in [-0.1, -0.05) is 6.92 Å². The van der Waals surface area contributed by atoms with Crippen LogP contribution in [0.1, 0.15) is 18.9 Å². The molecule has 0 fully saturated rings. The van der Waals surface area contributed by atoms with E-state index in [9.17, 15) is 0 Å². The quantitative estimate of drug-likeness (QED) is 0.809. The molecule has 0 radical (unpaired) electrons. The van der Waals surface area contributed by atoms with Crippen LogP contribution in [0.25, 0.3) is 5.70 Å². The minimum absolute atomic E-state index is 0.477. The van der Waals surface area contributed by atoms with E-state index in [0.29, 0.717) is 22.4 Å². The summed E-state index contributed by atoms with van der Waals surface area (Å²) in [4.78, 5) is 0. The highest BCUT2D eigenvalue weighted by atomic mass is 79.9. The minimum Gasteiger partial charge on any atom is -0.457 e. The van der Waals surface area contributed by atoms with Crippen LogP contribution in [0.3, 0.4) is 0 Å². The SMILES string of the molecule is CC/C(C#N)=C(/N)c1ccoc1Br. The summed E-state index contributed by atoms with van der Waals surface area (Å²) in [6.45, 7) is 1.89. The number of furan rings is 1. The molecule has 1 aromatic heterocycles. The average molecular weight is 241 g/mol. The molecule has 3 nitrogen and oxygen atoms in total. The number of halogens is 1. The summed E-state index contributed by atoms with van der Waals surface area (Å²) >= 11 is 3.20. The number of allylic oxidation sites excluding steroid dienone is 1. The summed E-state index contributed by atoms with van der Waals surface area (Å²) in [5.74, 6) is 0. The summed E-state index contributed by atoms with van der Waals surface area (Å²) in [7, 11) is 0. The molecule has 0 aliphatic rings. The summed E-state index contributed by atoms with van der Waals surface area (Å²) < 4.78 is 5.58. The predicted octanol–water partition coefficient (Wildman–Crippen LogP) is 2.65. The van der Waals surface area contributed by atoms with Crippen LogP contribution in [-0.4, -0.2) is 0 Å².